The smallest absolute Gasteiger partial charge is 0.410 e. The number of fused-ring (bicyclic) bond motifs is 1. The van der Waals surface area contributed by atoms with Crippen LogP contribution in [-0.2, 0) is 23.9 Å². The van der Waals surface area contributed by atoms with Gasteiger partial charge in [-0.05, 0) is 39.5 Å². The van der Waals surface area contributed by atoms with E-state index in [0.29, 0.717) is 45.0 Å². The molecule has 1 N–H and O–H groups in total. The van der Waals surface area contributed by atoms with Crippen LogP contribution in [0.3, 0.4) is 0 Å². The highest BCUT2D eigenvalue weighted by molar-refractivity contribution is 5.95. The Hall–Kier alpha value is -2.98. The number of nitrogens with zero attached hydrogens (tertiary/aromatic N) is 4. The Morgan fingerprint density at radius 1 is 1.15 bits per heavy atom. The van der Waals surface area contributed by atoms with Gasteiger partial charge in [0.15, 0.2) is 6.73 Å². The van der Waals surface area contributed by atoms with Crippen LogP contribution in [0.15, 0.2) is 11.9 Å². The molecule has 3 amide bonds. The van der Waals surface area contributed by atoms with Gasteiger partial charge in [0.1, 0.15) is 17.3 Å². The fraction of sp³-hybridized carbons (Fsp3) is 0.739. The molecule has 11 heteroatoms. The average molecular weight is 480 g/mol. The van der Waals surface area contributed by atoms with Crippen molar-refractivity contribution >= 4 is 23.9 Å². The third-order valence-corrected chi connectivity index (χ3v) is 6.01. The normalized spacial score (nSPS) is 19.9. The van der Waals surface area contributed by atoms with Gasteiger partial charge in [-0.3, -0.25) is 9.59 Å². The Bertz CT molecular complexity index is 843. The average Bonchev–Trinajstić information content (AvgIpc) is 3.27. The van der Waals surface area contributed by atoms with Crippen molar-refractivity contribution in [1.82, 2.24) is 24.9 Å². The molecule has 0 radical (unpaired) electrons. The molecule has 0 unspecified atom stereocenters. The van der Waals surface area contributed by atoms with Gasteiger partial charge in [-0.15, -0.1) is 0 Å². The van der Waals surface area contributed by atoms with E-state index in [2.05, 4.69) is 5.32 Å². The number of hydrogen-bond donors (Lipinski definition) is 1. The zero-order chi connectivity index (χ0) is 25.2. The lowest BCUT2D eigenvalue weighted by Gasteiger charge is -2.37. The summed E-state index contributed by atoms with van der Waals surface area (Å²) in [6.45, 7) is 12.6. The SMILES string of the molecule is CC(=O)N[C@H](C(=O)OCN1C=C2C(=O)N(C3CCN(C(=O)OC(C)(C)C)CC3)CN2C1)C(C)C. The number of esters is 1. The molecule has 2 fully saturated rings. The zero-order valence-corrected chi connectivity index (χ0v) is 21.0. The summed E-state index contributed by atoms with van der Waals surface area (Å²) in [5, 5.41) is 2.61. The van der Waals surface area contributed by atoms with Crippen molar-refractivity contribution in [3.63, 3.8) is 0 Å². The van der Waals surface area contributed by atoms with Crippen molar-refractivity contribution in [2.45, 2.75) is 72.1 Å². The number of ether oxygens (including phenoxy) is 2. The Kier molecular flexibility index (Phi) is 7.62. The minimum Gasteiger partial charge on any atom is -0.444 e. The maximum Gasteiger partial charge on any atom is 0.410 e. The highest BCUT2D eigenvalue weighted by atomic mass is 16.6. The van der Waals surface area contributed by atoms with E-state index in [-0.39, 0.29) is 36.6 Å². The van der Waals surface area contributed by atoms with Crippen molar-refractivity contribution in [2.24, 2.45) is 5.92 Å². The topological polar surface area (TPSA) is 112 Å². The predicted molar refractivity (Wildman–Crippen MR) is 123 cm³/mol. The summed E-state index contributed by atoms with van der Waals surface area (Å²) < 4.78 is 10.8. The molecule has 0 aliphatic carbocycles. The van der Waals surface area contributed by atoms with Gasteiger partial charge in [0, 0.05) is 32.3 Å². The molecule has 0 aromatic rings. The van der Waals surface area contributed by atoms with Gasteiger partial charge in [-0.25, -0.2) is 9.59 Å². The van der Waals surface area contributed by atoms with Crippen LogP contribution in [0.25, 0.3) is 0 Å². The molecule has 11 nitrogen and oxygen atoms in total. The second-order valence-corrected chi connectivity index (χ2v) is 10.4. The largest absolute Gasteiger partial charge is 0.444 e. The quantitative estimate of drug-likeness (QED) is 0.567. The van der Waals surface area contributed by atoms with Crippen molar-refractivity contribution in [3.8, 4) is 0 Å². The number of carbonyl (C=O) groups excluding carboxylic acids is 4. The number of amides is 3. The van der Waals surface area contributed by atoms with Gasteiger partial charge < -0.3 is 34.4 Å². The summed E-state index contributed by atoms with van der Waals surface area (Å²) in [5.41, 5.74) is 0.0449. The van der Waals surface area contributed by atoms with Gasteiger partial charge in [-0.2, -0.15) is 0 Å². The van der Waals surface area contributed by atoms with Crippen molar-refractivity contribution < 1.29 is 28.7 Å². The molecule has 0 aromatic heterocycles. The number of nitrogens with one attached hydrogen (secondary N) is 1. The Morgan fingerprint density at radius 2 is 1.79 bits per heavy atom. The molecule has 0 aromatic carbocycles. The van der Waals surface area contributed by atoms with Crippen LogP contribution in [0.2, 0.25) is 0 Å². The molecule has 0 saturated carbocycles. The summed E-state index contributed by atoms with van der Waals surface area (Å²) in [5.74, 6) is -0.946. The van der Waals surface area contributed by atoms with Gasteiger partial charge >= 0.3 is 12.1 Å². The second-order valence-electron chi connectivity index (χ2n) is 10.4. The first-order chi connectivity index (χ1) is 15.9. The first-order valence-electron chi connectivity index (χ1n) is 11.8. The van der Waals surface area contributed by atoms with E-state index in [9.17, 15) is 19.2 Å². The Balaban J connectivity index is 1.49. The number of rotatable bonds is 6. The van der Waals surface area contributed by atoms with E-state index in [0.717, 1.165) is 0 Å². The second kappa shape index (κ2) is 10.1. The number of carbonyl (C=O) groups is 4. The van der Waals surface area contributed by atoms with E-state index in [1.807, 2.05) is 44.4 Å². The minimum absolute atomic E-state index is 0.00317. The fourth-order valence-corrected chi connectivity index (χ4v) is 4.30. The monoisotopic (exact) mass is 479 g/mol. The summed E-state index contributed by atoms with van der Waals surface area (Å²) in [6, 6.07) is -0.648. The first-order valence-corrected chi connectivity index (χ1v) is 11.8. The molecule has 3 aliphatic heterocycles. The number of likely N-dealkylation sites (tertiary alicyclic amines) is 1. The van der Waals surface area contributed by atoms with Gasteiger partial charge in [0.25, 0.3) is 5.91 Å². The lowest BCUT2D eigenvalue weighted by Crippen LogP contribution is -2.49. The molecular weight excluding hydrogens is 442 g/mol. The summed E-state index contributed by atoms with van der Waals surface area (Å²) in [6.07, 6.45) is 2.81. The van der Waals surface area contributed by atoms with Crippen molar-refractivity contribution in [3.05, 3.63) is 11.9 Å². The summed E-state index contributed by atoms with van der Waals surface area (Å²) in [4.78, 5) is 56.3. The molecular formula is C23H37N5O6. The Morgan fingerprint density at radius 3 is 2.32 bits per heavy atom. The zero-order valence-electron chi connectivity index (χ0n) is 21.0. The standard InChI is InChI=1S/C23H37N5O6/c1-15(2)19(24-16(3)29)21(31)33-14-25-11-18-20(30)28(13-27(18)12-25)17-7-9-26(10-8-17)22(32)34-23(4,5)6/h11,15,17,19H,7-10,12-14H2,1-6H3,(H,24,29)/t19-/m0/s1. The highest BCUT2D eigenvalue weighted by Gasteiger charge is 2.42. The first kappa shape index (κ1) is 25.6. The molecule has 190 valence electrons. The molecule has 0 spiro atoms. The van der Waals surface area contributed by atoms with Crippen LogP contribution in [0.1, 0.15) is 54.4 Å². The maximum absolute atomic E-state index is 13.0. The lowest BCUT2D eigenvalue weighted by molar-refractivity contribution is -0.152. The summed E-state index contributed by atoms with van der Waals surface area (Å²) >= 11 is 0. The highest BCUT2D eigenvalue weighted by Crippen LogP contribution is 2.30. The van der Waals surface area contributed by atoms with E-state index >= 15 is 0 Å². The van der Waals surface area contributed by atoms with Crippen LogP contribution >= 0.6 is 0 Å². The molecule has 2 saturated heterocycles. The molecule has 3 heterocycles. The van der Waals surface area contributed by atoms with E-state index in [1.54, 1.807) is 16.0 Å². The lowest BCUT2D eigenvalue weighted by atomic mass is 10.0. The van der Waals surface area contributed by atoms with E-state index < -0.39 is 17.6 Å². The molecule has 0 bridgehead atoms. The molecule has 3 aliphatic rings. The van der Waals surface area contributed by atoms with Crippen LogP contribution in [0.5, 0.6) is 0 Å². The summed E-state index contributed by atoms with van der Waals surface area (Å²) in [7, 11) is 0. The third kappa shape index (κ3) is 6.12. The molecule has 1 atom stereocenters. The van der Waals surface area contributed by atoms with Gasteiger partial charge in [0.2, 0.25) is 5.91 Å². The van der Waals surface area contributed by atoms with E-state index in [4.69, 9.17) is 9.47 Å². The van der Waals surface area contributed by atoms with Crippen LogP contribution in [0.4, 0.5) is 4.79 Å². The van der Waals surface area contributed by atoms with Crippen LogP contribution in [0, 0.1) is 5.92 Å². The van der Waals surface area contributed by atoms with Gasteiger partial charge in [-0.1, -0.05) is 13.8 Å². The third-order valence-electron chi connectivity index (χ3n) is 6.01. The van der Waals surface area contributed by atoms with Crippen LogP contribution < -0.4 is 5.32 Å². The predicted octanol–water partition coefficient (Wildman–Crippen LogP) is 1.26. The Labute approximate surface area is 201 Å². The maximum atomic E-state index is 13.0. The van der Waals surface area contributed by atoms with Gasteiger partial charge in [0.05, 0.1) is 13.3 Å². The number of hydrogen-bond acceptors (Lipinski definition) is 8. The fourth-order valence-electron chi connectivity index (χ4n) is 4.30. The van der Waals surface area contributed by atoms with E-state index in [1.165, 1.54) is 6.92 Å². The number of piperidine rings is 1. The molecule has 3 rings (SSSR count). The van der Waals surface area contributed by atoms with Crippen LogP contribution in [-0.4, -0.2) is 94.3 Å². The van der Waals surface area contributed by atoms with Crippen molar-refractivity contribution in [1.29, 1.82) is 0 Å². The minimum atomic E-state index is -0.712. The molecule has 34 heavy (non-hydrogen) atoms. The van der Waals surface area contributed by atoms with Crippen molar-refractivity contribution in [2.75, 3.05) is 33.2 Å².